The van der Waals surface area contributed by atoms with Crippen molar-refractivity contribution in [2.24, 2.45) is 0 Å². The van der Waals surface area contributed by atoms with Gasteiger partial charge in [0.2, 0.25) is 11.8 Å². The Hall–Kier alpha value is -2.83. The minimum atomic E-state index is -4.47. The number of hydrogen-bond acceptors (Lipinski definition) is 6. The molecule has 2 heterocycles. The van der Waals surface area contributed by atoms with Crippen LogP contribution in [0.1, 0.15) is 42.4 Å². The predicted octanol–water partition coefficient (Wildman–Crippen LogP) is 4.17. The quantitative estimate of drug-likeness (QED) is 0.395. The number of alkyl halides is 3. The summed E-state index contributed by atoms with van der Waals surface area (Å²) in [6, 6.07) is 7.66. The summed E-state index contributed by atoms with van der Waals surface area (Å²) in [6.45, 7) is 0.230. The first kappa shape index (κ1) is 32.7. The Morgan fingerprint density at radius 3 is 2.68 bits per heavy atom. The lowest BCUT2D eigenvalue weighted by atomic mass is 9.99. The van der Waals surface area contributed by atoms with Crippen molar-refractivity contribution in [1.82, 2.24) is 15.5 Å². The van der Waals surface area contributed by atoms with Gasteiger partial charge in [0.25, 0.3) is 0 Å². The molecule has 2 aromatic rings. The largest absolute Gasteiger partial charge is 0.491 e. The van der Waals surface area contributed by atoms with Gasteiger partial charge in [-0.05, 0) is 67.0 Å². The molecule has 0 saturated carbocycles. The van der Waals surface area contributed by atoms with Gasteiger partial charge in [0.1, 0.15) is 6.04 Å². The van der Waals surface area contributed by atoms with Crippen LogP contribution in [0.15, 0.2) is 42.5 Å². The lowest BCUT2D eigenvalue weighted by molar-refractivity contribution is -0.139. The van der Waals surface area contributed by atoms with E-state index in [0.29, 0.717) is 36.1 Å². The average Bonchev–Trinajstić information content (AvgIpc) is 2.92. The standard InChI is InChI=1S/C29H37F4N3O4S/c1-36-24(11-13-41-2)28(39)35-23(25(37)18-34-17-20-6-5-7-21(14-20)29(31,32)33)16-19-9-10-26(22(30)15-19)40-12-4-3-8-27(36)38/h5-7,9-10,14-15,23-25,34,37H,3-4,8,11-13,16-18H2,1-2H3,(H,35,39)/t23-,24?,25+/m0/s1. The number of fused-ring (bicyclic) bond motifs is 13. The van der Waals surface area contributed by atoms with Gasteiger partial charge in [-0.15, -0.1) is 0 Å². The Bertz CT molecular complexity index is 1170. The minimum Gasteiger partial charge on any atom is -0.491 e. The normalized spacial score (nSPS) is 20.0. The molecule has 7 nitrogen and oxygen atoms in total. The first-order valence-corrected chi connectivity index (χ1v) is 14.9. The van der Waals surface area contributed by atoms with Gasteiger partial charge < -0.3 is 25.4 Å². The van der Waals surface area contributed by atoms with Gasteiger partial charge in [0.15, 0.2) is 11.6 Å². The summed E-state index contributed by atoms with van der Waals surface area (Å²) < 4.78 is 59.5. The smallest absolute Gasteiger partial charge is 0.416 e. The van der Waals surface area contributed by atoms with Crippen LogP contribution in [-0.4, -0.2) is 72.2 Å². The highest BCUT2D eigenvalue weighted by atomic mass is 32.2. The topological polar surface area (TPSA) is 90.9 Å². The Morgan fingerprint density at radius 1 is 1.20 bits per heavy atom. The van der Waals surface area contributed by atoms with Crippen molar-refractivity contribution in [3.05, 3.63) is 65.0 Å². The fourth-order valence-corrected chi connectivity index (χ4v) is 5.07. The third kappa shape index (κ3) is 9.89. The zero-order chi connectivity index (χ0) is 30.0. The maximum Gasteiger partial charge on any atom is 0.416 e. The number of aliphatic hydroxyl groups excluding tert-OH is 1. The maximum atomic E-state index is 14.7. The van der Waals surface area contributed by atoms with Crippen LogP contribution in [0, 0.1) is 5.82 Å². The fraction of sp³-hybridized carbons (Fsp3) is 0.517. The number of aliphatic hydroxyl groups is 1. The summed E-state index contributed by atoms with van der Waals surface area (Å²) in [5.74, 6) is -0.519. The van der Waals surface area contributed by atoms with E-state index in [0.717, 1.165) is 12.1 Å². The Balaban J connectivity index is 1.81. The van der Waals surface area contributed by atoms with Crippen LogP contribution < -0.4 is 15.4 Å². The Labute approximate surface area is 242 Å². The lowest BCUT2D eigenvalue weighted by Crippen LogP contribution is -2.55. The number of likely N-dealkylation sites (N-methyl/N-ethyl adjacent to an activating group) is 1. The molecule has 0 saturated heterocycles. The molecule has 0 fully saturated rings. The van der Waals surface area contributed by atoms with E-state index in [-0.39, 0.29) is 44.2 Å². The predicted molar refractivity (Wildman–Crippen MR) is 150 cm³/mol. The second-order valence-electron chi connectivity index (χ2n) is 10.1. The van der Waals surface area contributed by atoms with E-state index in [1.54, 1.807) is 13.1 Å². The van der Waals surface area contributed by atoms with Gasteiger partial charge in [-0.1, -0.05) is 24.3 Å². The SMILES string of the molecule is CSCCC1C(=O)N[C@H]([C@H](O)CNCc2cccc(C(F)(F)F)c2)Cc2ccc(c(F)c2)OCCCCC(=O)N1C. The number of thioether (sulfide) groups is 1. The molecule has 1 unspecified atom stereocenters. The molecule has 4 rings (SSSR count). The van der Waals surface area contributed by atoms with Crippen LogP contribution in [0.2, 0.25) is 0 Å². The molecule has 2 aliphatic heterocycles. The van der Waals surface area contributed by atoms with Crippen molar-refractivity contribution in [2.75, 3.05) is 32.2 Å². The lowest BCUT2D eigenvalue weighted by Gasteiger charge is -2.31. The van der Waals surface area contributed by atoms with Gasteiger partial charge in [0, 0.05) is 26.6 Å². The number of nitrogens with zero attached hydrogens (tertiary/aromatic N) is 1. The van der Waals surface area contributed by atoms with E-state index in [1.165, 1.54) is 40.9 Å². The average molecular weight is 600 g/mol. The van der Waals surface area contributed by atoms with E-state index in [1.807, 2.05) is 6.26 Å². The molecule has 3 N–H and O–H groups in total. The minimum absolute atomic E-state index is 0.0515. The number of amides is 2. The molecule has 2 aromatic carbocycles. The van der Waals surface area contributed by atoms with E-state index in [4.69, 9.17) is 4.74 Å². The molecule has 0 spiro atoms. The third-order valence-electron chi connectivity index (χ3n) is 6.98. The zero-order valence-electron chi connectivity index (χ0n) is 23.2. The zero-order valence-corrected chi connectivity index (χ0v) is 24.0. The van der Waals surface area contributed by atoms with Crippen molar-refractivity contribution in [1.29, 1.82) is 0 Å². The first-order chi connectivity index (χ1) is 19.5. The van der Waals surface area contributed by atoms with E-state index >= 15 is 0 Å². The van der Waals surface area contributed by atoms with Gasteiger partial charge in [-0.25, -0.2) is 4.39 Å². The summed E-state index contributed by atoms with van der Waals surface area (Å²) in [4.78, 5) is 27.8. The van der Waals surface area contributed by atoms with Crippen molar-refractivity contribution < 1.29 is 37.0 Å². The summed E-state index contributed by atoms with van der Waals surface area (Å²) >= 11 is 1.54. The molecule has 3 atom stereocenters. The summed E-state index contributed by atoms with van der Waals surface area (Å²) in [5, 5.41) is 16.9. The first-order valence-electron chi connectivity index (χ1n) is 13.5. The van der Waals surface area contributed by atoms with Crippen molar-refractivity contribution in [3.63, 3.8) is 0 Å². The molecule has 2 aliphatic rings. The molecule has 41 heavy (non-hydrogen) atoms. The van der Waals surface area contributed by atoms with Crippen LogP contribution in [0.5, 0.6) is 5.75 Å². The number of nitrogens with one attached hydrogen (secondary N) is 2. The number of ether oxygens (including phenoxy) is 1. The summed E-state index contributed by atoms with van der Waals surface area (Å²) in [5.41, 5.74) is 0.116. The van der Waals surface area contributed by atoms with E-state index in [9.17, 15) is 32.3 Å². The Kier molecular flexibility index (Phi) is 12.3. The second kappa shape index (κ2) is 15.4. The molecule has 0 aromatic heterocycles. The molecule has 0 radical (unpaired) electrons. The van der Waals surface area contributed by atoms with Gasteiger partial charge >= 0.3 is 6.18 Å². The molecule has 226 valence electrons. The number of hydrogen-bond donors (Lipinski definition) is 3. The summed E-state index contributed by atoms with van der Waals surface area (Å²) in [7, 11) is 1.59. The number of carbonyl (C=O) groups is 2. The Morgan fingerprint density at radius 2 is 1.98 bits per heavy atom. The van der Waals surface area contributed by atoms with E-state index in [2.05, 4.69) is 10.6 Å². The highest BCUT2D eigenvalue weighted by Gasteiger charge is 2.31. The number of halogens is 4. The number of rotatable bonds is 8. The van der Waals surface area contributed by atoms with Crippen LogP contribution >= 0.6 is 11.8 Å². The van der Waals surface area contributed by atoms with Crippen LogP contribution in [0.4, 0.5) is 17.6 Å². The van der Waals surface area contributed by atoms with Crippen LogP contribution in [0.25, 0.3) is 0 Å². The van der Waals surface area contributed by atoms with Crippen LogP contribution in [0.3, 0.4) is 0 Å². The highest BCUT2D eigenvalue weighted by molar-refractivity contribution is 7.98. The maximum absolute atomic E-state index is 14.7. The molecular formula is C29H37F4N3O4S. The number of benzene rings is 2. The monoisotopic (exact) mass is 599 g/mol. The fourth-order valence-electron chi connectivity index (χ4n) is 4.61. The number of carbonyl (C=O) groups excluding carboxylic acids is 2. The van der Waals surface area contributed by atoms with Gasteiger partial charge in [-0.2, -0.15) is 24.9 Å². The second-order valence-corrected chi connectivity index (χ2v) is 11.1. The van der Waals surface area contributed by atoms with Gasteiger partial charge in [0.05, 0.1) is 24.3 Å². The molecule has 12 heteroatoms. The molecule has 0 aliphatic carbocycles. The van der Waals surface area contributed by atoms with E-state index < -0.39 is 41.7 Å². The van der Waals surface area contributed by atoms with Crippen molar-refractivity contribution in [2.45, 2.75) is 63.0 Å². The molecule has 2 amide bonds. The highest BCUT2D eigenvalue weighted by Crippen LogP contribution is 2.29. The summed E-state index contributed by atoms with van der Waals surface area (Å²) in [6.07, 6.45) is -2.01. The van der Waals surface area contributed by atoms with Gasteiger partial charge in [-0.3, -0.25) is 9.59 Å². The molecular weight excluding hydrogens is 562 g/mol. The molecule has 2 bridgehead atoms. The van der Waals surface area contributed by atoms with Crippen LogP contribution in [-0.2, 0) is 28.7 Å². The van der Waals surface area contributed by atoms with Crippen molar-refractivity contribution >= 4 is 23.6 Å². The third-order valence-corrected chi connectivity index (χ3v) is 7.63. The van der Waals surface area contributed by atoms with Crippen molar-refractivity contribution in [3.8, 4) is 5.75 Å².